The molecule has 2 aromatic heterocycles. The van der Waals surface area contributed by atoms with Crippen LogP contribution in [0.15, 0.2) is 12.3 Å². The second-order valence-corrected chi connectivity index (χ2v) is 8.54. The van der Waals surface area contributed by atoms with Gasteiger partial charge in [0.2, 0.25) is 5.95 Å². The Labute approximate surface area is 168 Å². The van der Waals surface area contributed by atoms with Crippen LogP contribution < -0.4 is 10.2 Å². The first-order valence-electron chi connectivity index (χ1n) is 9.54. The van der Waals surface area contributed by atoms with E-state index in [4.69, 9.17) is 4.98 Å². The summed E-state index contributed by atoms with van der Waals surface area (Å²) >= 11 is 1.38. The Kier molecular flexibility index (Phi) is 5.17. The fourth-order valence-electron chi connectivity index (χ4n) is 4.05. The average molecular weight is 402 g/mol. The lowest BCUT2D eigenvalue weighted by atomic mass is 9.83. The second-order valence-electron chi connectivity index (χ2n) is 7.73. The molecule has 7 nitrogen and oxygen atoms in total. The standard InChI is InChI=1S/C19H24FN7S/c1-13-10-22-18(23-16-9-14(2)25-28-16)24-17(13)26-11-19(12-26,5-6-21)27-7-3-15(20)4-8-27/h9-10,15H,3-5,7-8,11-12H2,1-2H3,(H,22,23,24). The van der Waals surface area contributed by atoms with E-state index in [1.54, 1.807) is 0 Å². The zero-order valence-corrected chi connectivity index (χ0v) is 17.0. The number of nitriles is 1. The summed E-state index contributed by atoms with van der Waals surface area (Å²) in [5.41, 5.74) is 1.76. The molecule has 0 aliphatic carbocycles. The zero-order chi connectivity index (χ0) is 19.7. The number of likely N-dealkylation sites (tertiary alicyclic amines) is 1. The van der Waals surface area contributed by atoms with E-state index in [1.807, 2.05) is 26.1 Å². The molecule has 0 aromatic carbocycles. The number of hydrogen-bond donors (Lipinski definition) is 1. The van der Waals surface area contributed by atoms with E-state index in [0.29, 0.717) is 25.2 Å². The first-order valence-corrected chi connectivity index (χ1v) is 10.3. The Hall–Kier alpha value is -2.31. The fourth-order valence-corrected chi connectivity index (χ4v) is 4.71. The smallest absolute Gasteiger partial charge is 0.229 e. The molecule has 4 rings (SSSR count). The highest BCUT2D eigenvalue weighted by Gasteiger charge is 2.49. The SMILES string of the molecule is Cc1cc(Nc2ncc(C)c(N3CC(CC#N)(N4CCC(F)CC4)C3)n2)sn1. The lowest BCUT2D eigenvalue weighted by Gasteiger charge is -2.56. The molecule has 4 heterocycles. The molecule has 1 N–H and O–H groups in total. The van der Waals surface area contributed by atoms with E-state index in [9.17, 15) is 9.65 Å². The van der Waals surface area contributed by atoms with Crippen molar-refractivity contribution >= 4 is 28.3 Å². The van der Waals surface area contributed by atoms with Gasteiger partial charge < -0.3 is 10.2 Å². The predicted molar refractivity (Wildman–Crippen MR) is 108 cm³/mol. The molecule has 0 spiro atoms. The Bertz CT molecular complexity index is 879. The van der Waals surface area contributed by atoms with Gasteiger partial charge >= 0.3 is 0 Å². The highest BCUT2D eigenvalue weighted by atomic mass is 32.1. The van der Waals surface area contributed by atoms with Crippen LogP contribution in [0, 0.1) is 25.2 Å². The fraction of sp³-hybridized carbons (Fsp3) is 0.579. The van der Waals surface area contributed by atoms with Crippen molar-refractivity contribution < 1.29 is 4.39 Å². The Balaban J connectivity index is 1.49. The maximum absolute atomic E-state index is 13.5. The summed E-state index contributed by atoms with van der Waals surface area (Å²) < 4.78 is 17.8. The van der Waals surface area contributed by atoms with Crippen LogP contribution in [-0.4, -0.2) is 57.1 Å². The molecule has 2 aliphatic heterocycles. The topological polar surface area (TPSA) is 81.0 Å². The van der Waals surface area contributed by atoms with Crippen molar-refractivity contribution in [1.29, 1.82) is 5.26 Å². The maximum atomic E-state index is 13.5. The molecule has 0 saturated carbocycles. The number of aryl methyl sites for hydroxylation is 2. The molecule has 2 fully saturated rings. The predicted octanol–water partition coefficient (Wildman–Crippen LogP) is 3.20. The minimum atomic E-state index is -0.709. The first kappa shape index (κ1) is 19.0. The summed E-state index contributed by atoms with van der Waals surface area (Å²) in [6.45, 7) is 6.84. The van der Waals surface area contributed by atoms with Gasteiger partial charge in [-0.3, -0.25) is 4.90 Å². The highest BCUT2D eigenvalue weighted by molar-refractivity contribution is 7.10. The monoisotopic (exact) mass is 401 g/mol. The summed E-state index contributed by atoms with van der Waals surface area (Å²) in [6, 6.07) is 4.30. The molecule has 0 radical (unpaired) electrons. The number of piperidine rings is 1. The van der Waals surface area contributed by atoms with Gasteiger partial charge in [0.1, 0.15) is 17.0 Å². The molecule has 2 aromatic rings. The van der Waals surface area contributed by atoms with E-state index >= 15 is 0 Å². The molecule has 2 saturated heterocycles. The van der Waals surface area contributed by atoms with Gasteiger partial charge in [-0.05, 0) is 44.3 Å². The van der Waals surface area contributed by atoms with Crippen molar-refractivity contribution in [3.05, 3.63) is 23.5 Å². The van der Waals surface area contributed by atoms with Crippen molar-refractivity contribution in [1.82, 2.24) is 19.2 Å². The Morgan fingerprint density at radius 2 is 2.11 bits per heavy atom. The lowest BCUT2D eigenvalue weighted by Crippen LogP contribution is -2.71. The molecule has 9 heteroatoms. The van der Waals surface area contributed by atoms with Crippen molar-refractivity contribution in [2.45, 2.75) is 44.8 Å². The largest absolute Gasteiger partial charge is 0.352 e. The van der Waals surface area contributed by atoms with Crippen LogP contribution in [0.4, 0.5) is 21.2 Å². The van der Waals surface area contributed by atoms with Crippen LogP contribution in [0.1, 0.15) is 30.5 Å². The van der Waals surface area contributed by atoms with E-state index in [2.05, 4.69) is 30.5 Å². The van der Waals surface area contributed by atoms with Gasteiger partial charge in [0.15, 0.2) is 0 Å². The minimum Gasteiger partial charge on any atom is -0.352 e. The van der Waals surface area contributed by atoms with E-state index in [-0.39, 0.29) is 5.54 Å². The van der Waals surface area contributed by atoms with Crippen LogP contribution in [0.25, 0.3) is 0 Å². The van der Waals surface area contributed by atoms with Gasteiger partial charge in [0, 0.05) is 37.9 Å². The number of halogens is 1. The van der Waals surface area contributed by atoms with Gasteiger partial charge in [-0.2, -0.15) is 14.6 Å². The molecular weight excluding hydrogens is 377 g/mol. The second kappa shape index (κ2) is 7.60. The van der Waals surface area contributed by atoms with Gasteiger partial charge in [-0.15, -0.1) is 0 Å². The molecule has 2 aliphatic rings. The van der Waals surface area contributed by atoms with E-state index < -0.39 is 6.17 Å². The normalized spacial score (nSPS) is 19.9. The zero-order valence-electron chi connectivity index (χ0n) is 16.2. The van der Waals surface area contributed by atoms with Gasteiger partial charge in [-0.1, -0.05) is 0 Å². The van der Waals surface area contributed by atoms with E-state index in [0.717, 1.165) is 48.3 Å². The lowest BCUT2D eigenvalue weighted by molar-refractivity contribution is 0.0227. The van der Waals surface area contributed by atoms with Crippen LogP contribution >= 0.6 is 11.5 Å². The van der Waals surface area contributed by atoms with Crippen molar-refractivity contribution in [3.8, 4) is 6.07 Å². The molecule has 0 bridgehead atoms. The minimum absolute atomic E-state index is 0.200. The average Bonchev–Trinajstić information content (AvgIpc) is 3.05. The third-order valence-corrected chi connectivity index (χ3v) is 6.38. The van der Waals surface area contributed by atoms with E-state index in [1.165, 1.54) is 11.5 Å². The first-order chi connectivity index (χ1) is 13.5. The van der Waals surface area contributed by atoms with Crippen LogP contribution in [0.3, 0.4) is 0 Å². The molecule has 0 atom stereocenters. The van der Waals surface area contributed by atoms with Crippen LogP contribution in [-0.2, 0) is 0 Å². The van der Waals surface area contributed by atoms with Crippen LogP contribution in [0.2, 0.25) is 0 Å². The number of nitrogens with zero attached hydrogens (tertiary/aromatic N) is 6. The number of rotatable bonds is 5. The molecule has 28 heavy (non-hydrogen) atoms. The Morgan fingerprint density at radius 1 is 1.36 bits per heavy atom. The highest BCUT2D eigenvalue weighted by Crippen LogP contribution is 2.37. The number of alkyl halides is 1. The third-order valence-electron chi connectivity index (χ3n) is 5.58. The molecule has 148 valence electrons. The number of aromatic nitrogens is 3. The third kappa shape index (κ3) is 3.66. The van der Waals surface area contributed by atoms with Crippen LogP contribution in [0.5, 0.6) is 0 Å². The van der Waals surface area contributed by atoms with Gasteiger partial charge in [0.25, 0.3) is 0 Å². The Morgan fingerprint density at radius 3 is 2.75 bits per heavy atom. The summed E-state index contributed by atoms with van der Waals surface area (Å²) in [4.78, 5) is 13.6. The number of anilines is 3. The van der Waals surface area contributed by atoms with Gasteiger partial charge in [-0.25, -0.2) is 9.37 Å². The molecular formula is C19H24FN7S. The molecule has 0 unspecified atom stereocenters. The number of hydrogen-bond acceptors (Lipinski definition) is 8. The summed E-state index contributed by atoms with van der Waals surface area (Å²) in [5.74, 6) is 1.42. The summed E-state index contributed by atoms with van der Waals surface area (Å²) in [5, 5.41) is 13.5. The number of nitrogens with one attached hydrogen (secondary N) is 1. The summed E-state index contributed by atoms with van der Waals surface area (Å²) in [7, 11) is 0. The quantitative estimate of drug-likeness (QED) is 0.824. The van der Waals surface area contributed by atoms with Crippen molar-refractivity contribution in [2.24, 2.45) is 0 Å². The maximum Gasteiger partial charge on any atom is 0.229 e. The van der Waals surface area contributed by atoms with Crippen molar-refractivity contribution in [3.63, 3.8) is 0 Å². The van der Waals surface area contributed by atoms with Gasteiger partial charge in [0.05, 0.1) is 23.7 Å². The van der Waals surface area contributed by atoms with Crippen molar-refractivity contribution in [2.75, 3.05) is 36.4 Å². The molecule has 0 amide bonds. The summed E-state index contributed by atoms with van der Waals surface area (Å²) in [6.07, 6.45) is 2.68.